The second-order valence-electron chi connectivity index (χ2n) is 6.14. The summed E-state index contributed by atoms with van der Waals surface area (Å²) in [6.45, 7) is 2.17. The highest BCUT2D eigenvalue weighted by atomic mass is 19.1. The minimum absolute atomic E-state index is 0.0711. The van der Waals surface area contributed by atoms with E-state index in [4.69, 9.17) is 10.5 Å². The maximum absolute atomic E-state index is 14.2. The summed E-state index contributed by atoms with van der Waals surface area (Å²) in [5, 5.41) is 0. The number of rotatable bonds is 6. The molecule has 0 atom stereocenters. The molecule has 0 radical (unpaired) electrons. The predicted molar refractivity (Wildman–Crippen MR) is 100 cm³/mol. The first-order chi connectivity index (χ1) is 13.0. The van der Waals surface area contributed by atoms with Crippen LogP contribution in [0.3, 0.4) is 0 Å². The quantitative estimate of drug-likeness (QED) is 0.676. The number of amides is 1. The summed E-state index contributed by atoms with van der Waals surface area (Å²) >= 11 is 0. The van der Waals surface area contributed by atoms with E-state index in [1.54, 1.807) is 0 Å². The van der Waals surface area contributed by atoms with E-state index in [0.717, 1.165) is 35.2 Å². The van der Waals surface area contributed by atoms with Gasteiger partial charge in [-0.3, -0.25) is 4.79 Å². The molecule has 0 aliphatic carbocycles. The lowest BCUT2D eigenvalue weighted by atomic mass is 10.0. The Hall–Kier alpha value is -3.21. The van der Waals surface area contributed by atoms with E-state index in [2.05, 4.69) is 31.2 Å². The second kappa shape index (κ2) is 7.99. The van der Waals surface area contributed by atoms with Gasteiger partial charge in [0, 0.05) is 0 Å². The standard InChI is InChI=1S/C22H19F2NO2/c1-2-14-6-8-16(9-7-14)17-5-3-4-15(12-17)13-27-19-11-10-18(23)20(21(19)24)22(25)26/h3-12H,2,13H2,1H3,(H2,25,26). The van der Waals surface area contributed by atoms with Gasteiger partial charge in [-0.05, 0) is 46.9 Å². The molecule has 2 N–H and O–H groups in total. The number of halogens is 2. The molecule has 0 bridgehead atoms. The van der Waals surface area contributed by atoms with Gasteiger partial charge >= 0.3 is 0 Å². The summed E-state index contributed by atoms with van der Waals surface area (Å²) in [4.78, 5) is 11.2. The molecule has 138 valence electrons. The van der Waals surface area contributed by atoms with Gasteiger partial charge in [0.1, 0.15) is 18.0 Å². The van der Waals surface area contributed by atoms with Crippen LogP contribution < -0.4 is 10.5 Å². The molecular weight excluding hydrogens is 348 g/mol. The molecule has 0 saturated carbocycles. The smallest absolute Gasteiger partial charge is 0.254 e. The van der Waals surface area contributed by atoms with Crippen molar-refractivity contribution in [3.63, 3.8) is 0 Å². The van der Waals surface area contributed by atoms with Gasteiger partial charge in [-0.25, -0.2) is 8.78 Å². The van der Waals surface area contributed by atoms with Crippen molar-refractivity contribution in [3.05, 3.63) is 89.0 Å². The largest absolute Gasteiger partial charge is 0.486 e. The molecule has 27 heavy (non-hydrogen) atoms. The van der Waals surface area contributed by atoms with E-state index in [1.165, 1.54) is 5.56 Å². The second-order valence-corrected chi connectivity index (χ2v) is 6.14. The van der Waals surface area contributed by atoms with E-state index in [-0.39, 0.29) is 12.4 Å². The minimum atomic E-state index is -1.17. The topological polar surface area (TPSA) is 52.3 Å². The zero-order valence-corrected chi connectivity index (χ0v) is 14.8. The lowest BCUT2D eigenvalue weighted by Gasteiger charge is -2.11. The number of ether oxygens (including phenoxy) is 1. The molecule has 0 unspecified atom stereocenters. The van der Waals surface area contributed by atoms with E-state index in [0.29, 0.717) is 0 Å². The van der Waals surface area contributed by atoms with Gasteiger partial charge in [-0.15, -0.1) is 0 Å². The maximum atomic E-state index is 14.2. The lowest BCUT2D eigenvalue weighted by molar-refractivity contribution is 0.0991. The van der Waals surface area contributed by atoms with E-state index < -0.39 is 23.1 Å². The van der Waals surface area contributed by atoms with Crippen molar-refractivity contribution in [2.75, 3.05) is 0 Å². The van der Waals surface area contributed by atoms with Gasteiger partial charge in [0.15, 0.2) is 11.6 Å². The van der Waals surface area contributed by atoms with Crippen LogP contribution in [0.2, 0.25) is 0 Å². The number of aryl methyl sites for hydroxylation is 1. The first kappa shape index (κ1) is 18.6. The fraction of sp³-hybridized carbons (Fsp3) is 0.136. The highest BCUT2D eigenvalue weighted by Crippen LogP contribution is 2.25. The molecule has 0 fully saturated rings. The van der Waals surface area contributed by atoms with Gasteiger partial charge in [-0.1, -0.05) is 49.4 Å². The molecular formula is C22H19F2NO2. The molecule has 0 saturated heterocycles. The summed E-state index contributed by atoms with van der Waals surface area (Å²) in [5.74, 6) is -3.49. The SMILES string of the molecule is CCc1ccc(-c2cccc(COc3ccc(F)c(C(N)=O)c3F)c2)cc1. The van der Waals surface area contributed by atoms with Crippen LogP contribution in [0, 0.1) is 11.6 Å². The monoisotopic (exact) mass is 367 g/mol. The average molecular weight is 367 g/mol. The van der Waals surface area contributed by atoms with Crippen molar-refractivity contribution in [1.29, 1.82) is 0 Å². The van der Waals surface area contributed by atoms with Crippen LogP contribution in [0.15, 0.2) is 60.7 Å². The molecule has 3 rings (SSSR count). The number of carbonyl (C=O) groups is 1. The van der Waals surface area contributed by atoms with Crippen molar-refractivity contribution < 1.29 is 18.3 Å². The van der Waals surface area contributed by atoms with Crippen molar-refractivity contribution >= 4 is 5.91 Å². The highest BCUT2D eigenvalue weighted by molar-refractivity contribution is 5.93. The lowest BCUT2D eigenvalue weighted by Crippen LogP contribution is -2.16. The normalized spacial score (nSPS) is 10.6. The summed E-state index contributed by atoms with van der Waals surface area (Å²) in [6, 6.07) is 18.0. The minimum Gasteiger partial charge on any atom is -0.486 e. The Morgan fingerprint density at radius 1 is 0.963 bits per heavy atom. The van der Waals surface area contributed by atoms with Crippen LogP contribution in [0.1, 0.15) is 28.4 Å². The van der Waals surface area contributed by atoms with Gasteiger partial charge in [-0.2, -0.15) is 0 Å². The molecule has 0 aliphatic heterocycles. The van der Waals surface area contributed by atoms with Crippen LogP contribution >= 0.6 is 0 Å². The van der Waals surface area contributed by atoms with Crippen molar-refractivity contribution in [3.8, 4) is 16.9 Å². The van der Waals surface area contributed by atoms with Gasteiger partial charge in [0.05, 0.1) is 0 Å². The van der Waals surface area contributed by atoms with Crippen molar-refractivity contribution in [1.82, 2.24) is 0 Å². The molecule has 3 aromatic rings. The number of primary amides is 1. The average Bonchev–Trinajstić information content (AvgIpc) is 2.67. The van der Waals surface area contributed by atoms with Crippen LogP contribution in [0.25, 0.3) is 11.1 Å². The molecule has 3 aromatic carbocycles. The van der Waals surface area contributed by atoms with Crippen LogP contribution in [0.5, 0.6) is 5.75 Å². The Bertz CT molecular complexity index is 969. The number of carbonyl (C=O) groups excluding carboxylic acids is 1. The van der Waals surface area contributed by atoms with Crippen molar-refractivity contribution in [2.24, 2.45) is 5.73 Å². The van der Waals surface area contributed by atoms with Gasteiger partial charge < -0.3 is 10.5 Å². The summed E-state index contributed by atoms with van der Waals surface area (Å²) in [5.41, 5.74) is 8.38. The third-order valence-corrected chi connectivity index (χ3v) is 4.32. The molecule has 5 heteroatoms. The zero-order chi connectivity index (χ0) is 19.4. The highest BCUT2D eigenvalue weighted by Gasteiger charge is 2.19. The first-order valence-electron chi connectivity index (χ1n) is 8.58. The number of benzene rings is 3. The number of hydrogen-bond donors (Lipinski definition) is 1. The molecule has 0 heterocycles. The predicted octanol–water partition coefficient (Wildman–Crippen LogP) is 4.87. The third kappa shape index (κ3) is 4.14. The Labute approximate surface area is 156 Å². The Morgan fingerprint density at radius 2 is 1.70 bits per heavy atom. The fourth-order valence-corrected chi connectivity index (χ4v) is 2.81. The van der Waals surface area contributed by atoms with E-state index in [9.17, 15) is 13.6 Å². The summed E-state index contributed by atoms with van der Waals surface area (Å²) in [6.07, 6.45) is 0.977. The first-order valence-corrected chi connectivity index (χ1v) is 8.58. The Morgan fingerprint density at radius 3 is 2.37 bits per heavy atom. The molecule has 3 nitrogen and oxygen atoms in total. The van der Waals surface area contributed by atoms with Crippen LogP contribution in [0.4, 0.5) is 8.78 Å². The molecule has 0 spiro atoms. The van der Waals surface area contributed by atoms with Crippen LogP contribution in [-0.2, 0) is 13.0 Å². The molecule has 0 aromatic heterocycles. The van der Waals surface area contributed by atoms with Gasteiger partial charge in [0.2, 0.25) is 0 Å². The summed E-state index contributed by atoms with van der Waals surface area (Å²) < 4.78 is 33.2. The van der Waals surface area contributed by atoms with Crippen molar-refractivity contribution in [2.45, 2.75) is 20.0 Å². The van der Waals surface area contributed by atoms with E-state index in [1.807, 2.05) is 24.3 Å². The molecule has 0 aliphatic rings. The van der Waals surface area contributed by atoms with Gasteiger partial charge in [0.25, 0.3) is 5.91 Å². The summed E-state index contributed by atoms with van der Waals surface area (Å²) in [7, 11) is 0. The number of nitrogens with two attached hydrogens (primary N) is 1. The maximum Gasteiger partial charge on any atom is 0.254 e. The van der Waals surface area contributed by atoms with E-state index >= 15 is 0 Å². The number of hydrogen-bond acceptors (Lipinski definition) is 2. The van der Waals surface area contributed by atoms with Crippen LogP contribution in [-0.4, -0.2) is 5.91 Å². The zero-order valence-electron chi connectivity index (χ0n) is 14.8. The molecule has 1 amide bonds. The Kier molecular flexibility index (Phi) is 5.50. The third-order valence-electron chi connectivity index (χ3n) is 4.32. The Balaban J connectivity index is 1.79. The fourth-order valence-electron chi connectivity index (χ4n) is 2.81.